The number of aromatic nitrogens is 1. The molecule has 0 radical (unpaired) electrons. The van der Waals surface area contributed by atoms with Crippen LogP contribution in [-0.2, 0) is 27.2 Å². The van der Waals surface area contributed by atoms with Crippen molar-refractivity contribution in [2.24, 2.45) is 0 Å². The van der Waals surface area contributed by atoms with Crippen molar-refractivity contribution in [2.45, 2.75) is 12.8 Å². The van der Waals surface area contributed by atoms with Crippen LogP contribution in [0, 0.1) is 0 Å². The Hall–Kier alpha value is -1.91. The average Bonchev–Trinajstić information content (AvgIpc) is 2.20. The third-order valence-electron chi connectivity index (χ3n) is 1.79. The molecule has 5 nitrogen and oxygen atoms in total. The number of carbonyl (C=O) groups is 2. The Bertz CT molecular complexity index is 358. The van der Waals surface area contributed by atoms with Crippen LogP contribution in [0.15, 0.2) is 18.3 Å². The van der Waals surface area contributed by atoms with E-state index in [4.69, 9.17) is 5.11 Å². The summed E-state index contributed by atoms with van der Waals surface area (Å²) in [5.74, 6) is -1.27. The van der Waals surface area contributed by atoms with E-state index in [1.54, 1.807) is 12.1 Å². The van der Waals surface area contributed by atoms with Gasteiger partial charge in [0.05, 0.1) is 25.6 Å². The second-order valence-corrected chi connectivity index (χ2v) is 2.98. The summed E-state index contributed by atoms with van der Waals surface area (Å²) in [5, 5.41) is 8.52. The molecule has 0 saturated heterocycles. The van der Waals surface area contributed by atoms with Crippen molar-refractivity contribution in [1.29, 1.82) is 0 Å². The maximum Gasteiger partial charge on any atom is 0.311 e. The second-order valence-electron chi connectivity index (χ2n) is 2.98. The van der Waals surface area contributed by atoms with Gasteiger partial charge in [-0.2, -0.15) is 0 Å². The lowest BCUT2D eigenvalue weighted by Gasteiger charge is -2.00. The molecule has 0 fully saturated rings. The molecule has 0 atom stereocenters. The van der Waals surface area contributed by atoms with Crippen LogP contribution in [0.3, 0.4) is 0 Å². The number of methoxy groups -OCH3 is 1. The molecule has 1 heterocycles. The Kier molecular flexibility index (Phi) is 3.79. The standard InChI is InChI=1S/C10H11NO4/c1-15-10(14)5-8-3-2-7(6-11-8)4-9(12)13/h2-3,6H,4-5H2,1H3,(H,12,13). The first-order chi connectivity index (χ1) is 7.11. The average molecular weight is 209 g/mol. The molecule has 0 unspecified atom stereocenters. The molecule has 0 bridgehead atoms. The topological polar surface area (TPSA) is 76.5 Å². The van der Waals surface area contributed by atoms with Crippen molar-refractivity contribution in [3.05, 3.63) is 29.6 Å². The number of carbonyl (C=O) groups excluding carboxylic acids is 1. The predicted octanol–water partition coefficient (Wildman–Crippen LogP) is 0.424. The number of carboxylic acids is 1. The summed E-state index contributed by atoms with van der Waals surface area (Å²) in [4.78, 5) is 25.2. The summed E-state index contributed by atoms with van der Waals surface area (Å²) in [5.41, 5.74) is 1.17. The largest absolute Gasteiger partial charge is 0.481 e. The van der Waals surface area contributed by atoms with Gasteiger partial charge in [0.1, 0.15) is 0 Å². The zero-order chi connectivity index (χ0) is 11.3. The molecule has 1 rings (SSSR count). The Morgan fingerprint density at radius 2 is 2.13 bits per heavy atom. The van der Waals surface area contributed by atoms with E-state index >= 15 is 0 Å². The number of hydrogen-bond donors (Lipinski definition) is 1. The van der Waals surface area contributed by atoms with Crippen LogP contribution < -0.4 is 0 Å². The van der Waals surface area contributed by atoms with Crippen molar-refractivity contribution in [3.8, 4) is 0 Å². The highest BCUT2D eigenvalue weighted by Gasteiger charge is 2.05. The molecular weight excluding hydrogens is 198 g/mol. The minimum absolute atomic E-state index is 0.0640. The van der Waals surface area contributed by atoms with Gasteiger partial charge in [0.2, 0.25) is 0 Å². The first-order valence-electron chi connectivity index (χ1n) is 4.34. The van der Waals surface area contributed by atoms with Gasteiger partial charge >= 0.3 is 11.9 Å². The molecule has 1 aromatic heterocycles. The molecule has 0 spiro atoms. The van der Waals surface area contributed by atoms with Gasteiger partial charge < -0.3 is 9.84 Å². The normalized spacial score (nSPS) is 9.67. The zero-order valence-corrected chi connectivity index (χ0v) is 8.27. The first kappa shape index (κ1) is 11.2. The van der Waals surface area contributed by atoms with Crippen LogP contribution >= 0.6 is 0 Å². The highest BCUT2D eigenvalue weighted by atomic mass is 16.5. The fraction of sp³-hybridized carbons (Fsp3) is 0.300. The van der Waals surface area contributed by atoms with E-state index in [1.165, 1.54) is 13.3 Å². The van der Waals surface area contributed by atoms with Crippen molar-refractivity contribution >= 4 is 11.9 Å². The molecule has 0 aliphatic rings. The SMILES string of the molecule is COC(=O)Cc1ccc(CC(=O)O)cn1. The minimum atomic E-state index is -0.905. The van der Waals surface area contributed by atoms with Gasteiger partial charge in [-0.05, 0) is 11.6 Å². The molecule has 0 aromatic carbocycles. The monoisotopic (exact) mass is 209 g/mol. The van der Waals surface area contributed by atoms with Gasteiger partial charge in [0, 0.05) is 6.20 Å². The van der Waals surface area contributed by atoms with Gasteiger partial charge in [0.15, 0.2) is 0 Å². The molecule has 15 heavy (non-hydrogen) atoms. The Morgan fingerprint density at radius 3 is 2.60 bits per heavy atom. The second kappa shape index (κ2) is 5.09. The fourth-order valence-corrected chi connectivity index (χ4v) is 1.06. The van der Waals surface area contributed by atoms with E-state index in [0.29, 0.717) is 11.3 Å². The van der Waals surface area contributed by atoms with Crippen LogP contribution in [0.5, 0.6) is 0 Å². The molecule has 0 aliphatic heterocycles. The summed E-state index contributed by atoms with van der Waals surface area (Å²) < 4.78 is 4.48. The Balaban J connectivity index is 2.64. The summed E-state index contributed by atoms with van der Waals surface area (Å²) in [6, 6.07) is 3.26. The zero-order valence-electron chi connectivity index (χ0n) is 8.27. The number of hydrogen-bond acceptors (Lipinski definition) is 4. The lowest BCUT2D eigenvalue weighted by molar-refractivity contribution is -0.140. The number of carboxylic acid groups (broad SMARTS) is 1. The summed E-state index contributed by atoms with van der Waals surface area (Å²) >= 11 is 0. The smallest absolute Gasteiger partial charge is 0.311 e. The van der Waals surface area contributed by atoms with E-state index in [9.17, 15) is 9.59 Å². The predicted molar refractivity (Wildman–Crippen MR) is 51.3 cm³/mol. The lowest BCUT2D eigenvalue weighted by atomic mass is 10.2. The molecule has 0 aliphatic carbocycles. The highest BCUT2D eigenvalue weighted by molar-refractivity contribution is 5.72. The molecule has 1 aromatic rings. The van der Waals surface area contributed by atoms with Crippen LogP contribution in [-0.4, -0.2) is 29.1 Å². The number of nitrogens with zero attached hydrogens (tertiary/aromatic N) is 1. The number of pyridine rings is 1. The molecule has 1 N–H and O–H groups in total. The first-order valence-corrected chi connectivity index (χ1v) is 4.34. The van der Waals surface area contributed by atoms with Gasteiger partial charge in [-0.3, -0.25) is 14.6 Å². The van der Waals surface area contributed by atoms with Crippen LogP contribution in [0.2, 0.25) is 0 Å². The maximum atomic E-state index is 10.9. The van der Waals surface area contributed by atoms with E-state index in [2.05, 4.69) is 9.72 Å². The van der Waals surface area contributed by atoms with Gasteiger partial charge in [-0.25, -0.2) is 0 Å². The third-order valence-corrected chi connectivity index (χ3v) is 1.79. The van der Waals surface area contributed by atoms with Gasteiger partial charge in [-0.1, -0.05) is 6.07 Å². The Labute approximate surface area is 86.7 Å². The summed E-state index contributed by atoms with van der Waals surface area (Å²) in [7, 11) is 1.31. The minimum Gasteiger partial charge on any atom is -0.481 e. The van der Waals surface area contributed by atoms with Crippen LogP contribution in [0.25, 0.3) is 0 Å². The maximum absolute atomic E-state index is 10.9. The molecule has 5 heteroatoms. The lowest BCUT2D eigenvalue weighted by Crippen LogP contribution is -2.07. The van der Waals surface area contributed by atoms with Crippen molar-refractivity contribution in [1.82, 2.24) is 4.98 Å². The van der Waals surface area contributed by atoms with Crippen molar-refractivity contribution in [2.75, 3.05) is 7.11 Å². The van der Waals surface area contributed by atoms with Crippen LogP contribution in [0.4, 0.5) is 0 Å². The van der Waals surface area contributed by atoms with E-state index in [0.717, 1.165) is 0 Å². The number of esters is 1. The highest BCUT2D eigenvalue weighted by Crippen LogP contribution is 2.02. The van der Waals surface area contributed by atoms with Crippen LogP contribution in [0.1, 0.15) is 11.3 Å². The Morgan fingerprint density at radius 1 is 1.40 bits per heavy atom. The molecular formula is C10H11NO4. The van der Waals surface area contributed by atoms with Crippen molar-refractivity contribution < 1.29 is 19.4 Å². The summed E-state index contributed by atoms with van der Waals surface area (Å²) in [6.45, 7) is 0. The fourth-order valence-electron chi connectivity index (χ4n) is 1.06. The van der Waals surface area contributed by atoms with E-state index in [1.807, 2.05) is 0 Å². The molecule has 0 amide bonds. The van der Waals surface area contributed by atoms with Crippen molar-refractivity contribution in [3.63, 3.8) is 0 Å². The molecule has 0 saturated carbocycles. The summed E-state index contributed by atoms with van der Waals surface area (Å²) in [6.07, 6.45) is 1.49. The van der Waals surface area contributed by atoms with E-state index < -0.39 is 5.97 Å². The molecule has 80 valence electrons. The number of ether oxygens (including phenoxy) is 1. The van der Waals surface area contributed by atoms with Gasteiger partial charge in [0.25, 0.3) is 0 Å². The van der Waals surface area contributed by atoms with Gasteiger partial charge in [-0.15, -0.1) is 0 Å². The number of rotatable bonds is 4. The quantitative estimate of drug-likeness (QED) is 0.727. The number of aliphatic carboxylic acids is 1. The third kappa shape index (κ3) is 3.76. The van der Waals surface area contributed by atoms with E-state index in [-0.39, 0.29) is 18.8 Å².